The molecule has 0 spiro atoms. The molecular formula is C16H19ClF5N3O. The Hall–Kier alpha value is -1.48. The summed E-state index contributed by atoms with van der Waals surface area (Å²) in [5.74, 6) is -3.46. The number of hydrogen-bond acceptors (Lipinski definition) is 3. The summed E-state index contributed by atoms with van der Waals surface area (Å²) >= 11 is 5.66. The van der Waals surface area contributed by atoms with Crippen LogP contribution in [-0.4, -0.2) is 58.8 Å². The number of aromatic nitrogens is 1. The third kappa shape index (κ3) is 4.09. The van der Waals surface area contributed by atoms with Gasteiger partial charge < -0.3 is 4.90 Å². The van der Waals surface area contributed by atoms with Crippen LogP contribution in [0, 0.1) is 0 Å². The van der Waals surface area contributed by atoms with Gasteiger partial charge in [-0.05, 0) is 18.9 Å². The maximum Gasteiger partial charge on any atom is 0.418 e. The summed E-state index contributed by atoms with van der Waals surface area (Å²) in [6, 6.07) is 0.829. The lowest BCUT2D eigenvalue weighted by Gasteiger charge is -2.36. The second-order valence-corrected chi connectivity index (χ2v) is 7.04. The zero-order chi connectivity index (χ0) is 19.1. The predicted molar refractivity (Wildman–Crippen MR) is 86.4 cm³/mol. The van der Waals surface area contributed by atoms with Crippen molar-refractivity contribution in [2.75, 3.05) is 26.2 Å². The minimum absolute atomic E-state index is 0. The van der Waals surface area contributed by atoms with Gasteiger partial charge in [-0.3, -0.25) is 9.69 Å². The van der Waals surface area contributed by atoms with E-state index in [2.05, 4.69) is 4.98 Å². The summed E-state index contributed by atoms with van der Waals surface area (Å²) in [5.41, 5.74) is -1.67. The van der Waals surface area contributed by atoms with Crippen molar-refractivity contribution in [1.29, 1.82) is 0 Å². The number of alkyl halides is 5. The number of piperidine rings is 1. The Bertz CT molecular complexity index is 695. The third-order valence-electron chi connectivity index (χ3n) is 4.87. The van der Waals surface area contributed by atoms with E-state index in [0.29, 0.717) is 25.6 Å². The van der Waals surface area contributed by atoms with Crippen LogP contribution >= 0.6 is 11.6 Å². The topological polar surface area (TPSA) is 36.4 Å². The molecule has 1 aromatic heterocycles. The minimum atomic E-state index is -4.72. The van der Waals surface area contributed by atoms with E-state index in [1.807, 2.05) is 0 Å². The van der Waals surface area contributed by atoms with E-state index >= 15 is 0 Å². The first-order valence-electron chi connectivity index (χ1n) is 8.21. The minimum Gasteiger partial charge on any atom is -0.339 e. The van der Waals surface area contributed by atoms with E-state index in [1.54, 1.807) is 4.90 Å². The van der Waals surface area contributed by atoms with E-state index in [4.69, 9.17) is 11.6 Å². The number of hydrogen-bond donors (Lipinski definition) is 0. The second kappa shape index (κ2) is 6.92. The van der Waals surface area contributed by atoms with Gasteiger partial charge in [0.1, 0.15) is 5.15 Å². The molecule has 0 bridgehead atoms. The molecule has 2 fully saturated rings. The fourth-order valence-corrected chi connectivity index (χ4v) is 3.67. The van der Waals surface area contributed by atoms with Gasteiger partial charge in [-0.2, -0.15) is 13.2 Å². The summed E-state index contributed by atoms with van der Waals surface area (Å²) in [6.07, 6.45) is -3.46. The van der Waals surface area contributed by atoms with Crippen LogP contribution in [-0.2, 0) is 6.18 Å². The molecular weight excluding hydrogens is 381 g/mol. The number of likely N-dealkylation sites (tertiary alicyclic amines) is 2. The summed E-state index contributed by atoms with van der Waals surface area (Å²) in [6.45, 7) is 0.416. The Morgan fingerprint density at radius 1 is 1.27 bits per heavy atom. The molecule has 26 heavy (non-hydrogen) atoms. The SMILES string of the molecule is O=C(c1cc(Cl)ncc1C(F)(F)F)N1CCC(N2CCC(F)(F)C2)CC1.[HH]. The molecule has 0 aliphatic carbocycles. The summed E-state index contributed by atoms with van der Waals surface area (Å²) in [5, 5.41) is -0.199. The lowest BCUT2D eigenvalue weighted by Crippen LogP contribution is -2.46. The highest BCUT2D eigenvalue weighted by molar-refractivity contribution is 6.29. The standard InChI is InChI=1S/C16H17ClF5N3O.H2/c17-13-7-11(12(8-23-13)16(20,21)22)14(26)24-4-1-10(2-5-24)25-6-3-15(18,19)9-25;/h7-8,10H,1-6,9H2;1H. The molecule has 2 aliphatic rings. The highest BCUT2D eigenvalue weighted by atomic mass is 35.5. The average molecular weight is 400 g/mol. The summed E-state index contributed by atoms with van der Waals surface area (Å²) in [7, 11) is 0. The zero-order valence-electron chi connectivity index (χ0n) is 13.7. The van der Waals surface area contributed by atoms with Crippen LogP contribution in [0.1, 0.15) is 36.6 Å². The molecule has 146 valence electrons. The van der Waals surface area contributed by atoms with Crippen LogP contribution in [0.15, 0.2) is 12.3 Å². The van der Waals surface area contributed by atoms with E-state index < -0.39 is 29.1 Å². The Morgan fingerprint density at radius 3 is 2.46 bits per heavy atom. The molecule has 1 amide bonds. The molecule has 1 aromatic rings. The van der Waals surface area contributed by atoms with Crippen molar-refractivity contribution in [3.63, 3.8) is 0 Å². The highest BCUT2D eigenvalue weighted by Gasteiger charge is 2.42. The number of nitrogens with zero attached hydrogens (tertiary/aromatic N) is 3. The van der Waals surface area contributed by atoms with E-state index in [9.17, 15) is 26.7 Å². The summed E-state index contributed by atoms with van der Waals surface area (Å²) < 4.78 is 66.0. The number of pyridine rings is 1. The molecule has 0 radical (unpaired) electrons. The maximum absolute atomic E-state index is 13.3. The lowest BCUT2D eigenvalue weighted by molar-refractivity contribution is -0.138. The maximum atomic E-state index is 13.3. The first-order valence-corrected chi connectivity index (χ1v) is 8.58. The largest absolute Gasteiger partial charge is 0.418 e. The highest BCUT2D eigenvalue weighted by Crippen LogP contribution is 2.34. The molecule has 0 unspecified atom stereocenters. The van der Waals surface area contributed by atoms with E-state index in [0.717, 1.165) is 6.07 Å². The van der Waals surface area contributed by atoms with Crippen LogP contribution in [0.3, 0.4) is 0 Å². The van der Waals surface area contributed by atoms with E-state index in [1.165, 1.54) is 4.90 Å². The molecule has 0 atom stereocenters. The fraction of sp³-hybridized carbons (Fsp3) is 0.625. The molecule has 0 aromatic carbocycles. The van der Waals surface area contributed by atoms with Gasteiger partial charge in [0, 0.05) is 39.7 Å². The van der Waals surface area contributed by atoms with Gasteiger partial charge in [0.15, 0.2) is 0 Å². The molecule has 0 saturated carbocycles. The smallest absolute Gasteiger partial charge is 0.339 e. The molecule has 4 nitrogen and oxygen atoms in total. The number of rotatable bonds is 2. The van der Waals surface area contributed by atoms with Gasteiger partial charge in [-0.25, -0.2) is 13.8 Å². The van der Waals surface area contributed by atoms with Gasteiger partial charge in [0.25, 0.3) is 11.8 Å². The number of amides is 1. The van der Waals surface area contributed by atoms with Crippen molar-refractivity contribution < 1.29 is 28.2 Å². The zero-order valence-corrected chi connectivity index (χ0v) is 14.5. The Labute approximate surface area is 153 Å². The Morgan fingerprint density at radius 2 is 1.92 bits per heavy atom. The third-order valence-corrected chi connectivity index (χ3v) is 5.08. The van der Waals surface area contributed by atoms with Crippen molar-refractivity contribution in [3.05, 3.63) is 28.5 Å². The van der Waals surface area contributed by atoms with Gasteiger partial charge in [-0.1, -0.05) is 11.6 Å². The van der Waals surface area contributed by atoms with Crippen molar-refractivity contribution in [3.8, 4) is 0 Å². The normalized spacial score (nSPS) is 22.0. The van der Waals surface area contributed by atoms with Crippen LogP contribution in [0.25, 0.3) is 0 Å². The van der Waals surface area contributed by atoms with Crippen LogP contribution < -0.4 is 0 Å². The van der Waals surface area contributed by atoms with Gasteiger partial charge in [0.2, 0.25) is 0 Å². The molecule has 0 N–H and O–H groups in total. The van der Waals surface area contributed by atoms with Crippen molar-refractivity contribution in [2.45, 2.75) is 37.4 Å². The first-order chi connectivity index (χ1) is 12.1. The molecule has 2 saturated heterocycles. The van der Waals surface area contributed by atoms with E-state index in [-0.39, 0.29) is 38.7 Å². The predicted octanol–water partition coefficient (Wildman–Crippen LogP) is 3.95. The molecule has 2 aliphatic heterocycles. The molecule has 3 rings (SSSR count). The number of carbonyl (C=O) groups excluding carboxylic acids is 1. The van der Waals surface area contributed by atoms with Crippen molar-refractivity contribution in [1.82, 2.24) is 14.8 Å². The van der Waals surface area contributed by atoms with Crippen LogP contribution in [0.4, 0.5) is 22.0 Å². The Balaban J connectivity index is 0.00000261. The Kier molecular flexibility index (Phi) is 5.13. The summed E-state index contributed by atoms with van der Waals surface area (Å²) in [4.78, 5) is 19.0. The van der Waals surface area contributed by atoms with Crippen LogP contribution in [0.5, 0.6) is 0 Å². The monoisotopic (exact) mass is 399 g/mol. The fourth-order valence-electron chi connectivity index (χ4n) is 3.51. The average Bonchev–Trinajstić information content (AvgIpc) is 2.93. The lowest BCUT2D eigenvalue weighted by atomic mass is 10.0. The second-order valence-electron chi connectivity index (χ2n) is 6.65. The van der Waals surface area contributed by atoms with Gasteiger partial charge >= 0.3 is 6.18 Å². The number of carbonyl (C=O) groups is 1. The van der Waals surface area contributed by atoms with Crippen molar-refractivity contribution >= 4 is 17.5 Å². The first kappa shape index (κ1) is 19.3. The van der Waals surface area contributed by atoms with Crippen molar-refractivity contribution in [2.24, 2.45) is 0 Å². The van der Waals surface area contributed by atoms with Gasteiger partial charge in [-0.15, -0.1) is 0 Å². The van der Waals surface area contributed by atoms with Gasteiger partial charge in [0.05, 0.1) is 17.7 Å². The molecule has 3 heterocycles. The quantitative estimate of drug-likeness (QED) is 0.558. The number of halogens is 6. The van der Waals surface area contributed by atoms with Crippen LogP contribution in [0.2, 0.25) is 5.15 Å². The molecule has 10 heteroatoms.